The van der Waals surface area contributed by atoms with Gasteiger partial charge in [0, 0.05) is 17.7 Å². The van der Waals surface area contributed by atoms with E-state index in [1.54, 1.807) is 12.1 Å². The van der Waals surface area contributed by atoms with Crippen molar-refractivity contribution >= 4 is 0 Å². The minimum absolute atomic E-state index is 0.160. The summed E-state index contributed by atoms with van der Waals surface area (Å²) in [6, 6.07) is 22.9. The van der Waals surface area contributed by atoms with Gasteiger partial charge in [-0.3, -0.25) is 0 Å². The van der Waals surface area contributed by atoms with Crippen molar-refractivity contribution in [3.63, 3.8) is 0 Å². The van der Waals surface area contributed by atoms with E-state index in [9.17, 15) is 4.39 Å². The summed E-state index contributed by atoms with van der Waals surface area (Å²) in [5, 5.41) is 3.46. The molecule has 0 atom stereocenters. The molecule has 0 saturated carbocycles. The first-order valence-corrected chi connectivity index (χ1v) is 9.63. The highest BCUT2D eigenvalue weighted by atomic mass is 19.1. The fourth-order valence-electron chi connectivity index (χ4n) is 3.00. The van der Waals surface area contributed by atoms with E-state index in [0.29, 0.717) is 30.2 Å². The molecule has 0 fully saturated rings. The van der Waals surface area contributed by atoms with Crippen LogP contribution in [0, 0.1) is 5.82 Å². The van der Waals surface area contributed by atoms with Crippen molar-refractivity contribution in [2.24, 2.45) is 0 Å². The summed E-state index contributed by atoms with van der Waals surface area (Å²) in [5.74, 6) is 1.08. The number of halogens is 1. The van der Waals surface area contributed by atoms with Gasteiger partial charge in [-0.2, -0.15) is 0 Å². The molecule has 0 aliphatic carbocycles. The Balaban J connectivity index is 1.65. The third kappa shape index (κ3) is 5.57. The lowest BCUT2D eigenvalue weighted by molar-refractivity contribution is 0.262. The lowest BCUT2D eigenvalue weighted by Gasteiger charge is -2.17. The van der Waals surface area contributed by atoms with Crippen molar-refractivity contribution in [3.05, 3.63) is 95.3 Å². The molecule has 3 aromatic carbocycles. The zero-order valence-corrected chi connectivity index (χ0v) is 16.2. The Morgan fingerprint density at radius 2 is 1.57 bits per heavy atom. The first-order chi connectivity index (χ1) is 13.8. The first kappa shape index (κ1) is 19.9. The predicted molar refractivity (Wildman–Crippen MR) is 110 cm³/mol. The van der Waals surface area contributed by atoms with Crippen LogP contribution in [-0.4, -0.2) is 13.2 Å². The number of nitrogens with one attached hydrogen (secondary N) is 1. The number of ether oxygens (including phenoxy) is 2. The molecule has 4 heteroatoms. The van der Waals surface area contributed by atoms with Gasteiger partial charge in [0.15, 0.2) is 11.5 Å². The van der Waals surface area contributed by atoms with E-state index in [0.717, 1.165) is 18.5 Å². The van der Waals surface area contributed by atoms with Crippen LogP contribution in [-0.2, 0) is 19.6 Å². The fourth-order valence-corrected chi connectivity index (χ4v) is 3.00. The van der Waals surface area contributed by atoms with Gasteiger partial charge in [0.2, 0.25) is 0 Å². The van der Waals surface area contributed by atoms with Gasteiger partial charge in [0.1, 0.15) is 12.4 Å². The van der Waals surface area contributed by atoms with E-state index in [-0.39, 0.29) is 12.4 Å². The number of benzene rings is 3. The van der Waals surface area contributed by atoms with Crippen LogP contribution < -0.4 is 14.8 Å². The van der Waals surface area contributed by atoms with Gasteiger partial charge in [-0.05, 0) is 37.6 Å². The molecule has 0 heterocycles. The van der Waals surface area contributed by atoms with Crippen LogP contribution in [0.2, 0.25) is 0 Å². The molecule has 3 nitrogen and oxygen atoms in total. The normalized spacial score (nSPS) is 10.6. The summed E-state index contributed by atoms with van der Waals surface area (Å²) in [7, 11) is 0. The van der Waals surface area contributed by atoms with Crippen molar-refractivity contribution in [1.29, 1.82) is 0 Å². The third-order valence-corrected chi connectivity index (χ3v) is 4.44. The van der Waals surface area contributed by atoms with E-state index in [2.05, 4.69) is 29.6 Å². The van der Waals surface area contributed by atoms with Crippen LogP contribution in [0.25, 0.3) is 0 Å². The number of hydrogen-bond acceptors (Lipinski definition) is 3. The molecule has 0 radical (unpaired) electrons. The van der Waals surface area contributed by atoms with Crippen LogP contribution in [0.4, 0.5) is 4.39 Å². The Hall–Kier alpha value is -2.85. The van der Waals surface area contributed by atoms with Gasteiger partial charge in [0.25, 0.3) is 0 Å². The zero-order chi connectivity index (χ0) is 19.6. The quantitative estimate of drug-likeness (QED) is 0.495. The maximum absolute atomic E-state index is 13.9. The minimum atomic E-state index is -0.265. The Morgan fingerprint density at radius 1 is 0.821 bits per heavy atom. The van der Waals surface area contributed by atoms with Gasteiger partial charge in [-0.25, -0.2) is 4.39 Å². The lowest BCUT2D eigenvalue weighted by Crippen LogP contribution is -2.17. The zero-order valence-electron chi connectivity index (χ0n) is 16.2. The largest absolute Gasteiger partial charge is 0.490 e. The highest BCUT2D eigenvalue weighted by Crippen LogP contribution is 2.32. The molecule has 0 bridgehead atoms. The molecule has 0 aromatic heterocycles. The molecule has 0 aliphatic rings. The van der Waals surface area contributed by atoms with Crippen LogP contribution in [0.1, 0.15) is 23.6 Å². The fraction of sp³-hybridized carbons (Fsp3) is 0.250. The van der Waals surface area contributed by atoms with Crippen molar-refractivity contribution in [2.75, 3.05) is 13.2 Å². The van der Waals surface area contributed by atoms with Gasteiger partial charge in [-0.1, -0.05) is 60.7 Å². The van der Waals surface area contributed by atoms with Crippen molar-refractivity contribution in [2.45, 2.75) is 26.5 Å². The van der Waals surface area contributed by atoms with Gasteiger partial charge < -0.3 is 14.8 Å². The second kappa shape index (κ2) is 10.5. The number of para-hydroxylation sites is 1. The molecule has 28 heavy (non-hydrogen) atoms. The summed E-state index contributed by atoms with van der Waals surface area (Å²) >= 11 is 0. The molecule has 0 aliphatic heterocycles. The average molecular weight is 379 g/mol. The second-order valence-corrected chi connectivity index (χ2v) is 6.47. The third-order valence-electron chi connectivity index (χ3n) is 4.44. The molecule has 0 saturated heterocycles. The second-order valence-electron chi connectivity index (χ2n) is 6.47. The number of rotatable bonds is 10. The van der Waals surface area contributed by atoms with Crippen molar-refractivity contribution in [3.8, 4) is 11.5 Å². The maximum Gasteiger partial charge on any atom is 0.166 e. The SMILES string of the molecule is CCOc1cccc(CNCCc2ccccc2)c1OCc1ccccc1F. The number of hydrogen-bond donors (Lipinski definition) is 1. The Kier molecular flexibility index (Phi) is 7.44. The lowest BCUT2D eigenvalue weighted by atomic mass is 10.1. The molecule has 0 unspecified atom stereocenters. The molecular weight excluding hydrogens is 353 g/mol. The molecule has 3 aromatic rings. The summed E-state index contributed by atoms with van der Waals surface area (Å²) < 4.78 is 25.7. The van der Waals surface area contributed by atoms with Crippen molar-refractivity contribution in [1.82, 2.24) is 5.32 Å². The predicted octanol–water partition coefficient (Wildman–Crippen LogP) is 5.14. The maximum atomic E-state index is 13.9. The Bertz CT molecular complexity index is 867. The minimum Gasteiger partial charge on any atom is -0.490 e. The molecule has 0 spiro atoms. The summed E-state index contributed by atoms with van der Waals surface area (Å²) in [6.45, 7) is 4.15. The van der Waals surface area contributed by atoms with Gasteiger partial charge in [0.05, 0.1) is 6.61 Å². The van der Waals surface area contributed by atoms with Crippen LogP contribution >= 0.6 is 0 Å². The molecule has 146 valence electrons. The van der Waals surface area contributed by atoms with Gasteiger partial charge >= 0.3 is 0 Å². The molecule has 1 N–H and O–H groups in total. The summed E-state index contributed by atoms with van der Waals surface area (Å²) in [6.07, 6.45) is 0.956. The first-order valence-electron chi connectivity index (χ1n) is 9.63. The average Bonchev–Trinajstić information content (AvgIpc) is 2.73. The summed E-state index contributed by atoms with van der Waals surface area (Å²) in [4.78, 5) is 0. The molecular formula is C24H26FNO2. The Morgan fingerprint density at radius 3 is 2.36 bits per heavy atom. The molecule has 3 rings (SSSR count). The smallest absolute Gasteiger partial charge is 0.166 e. The van der Waals surface area contributed by atoms with E-state index >= 15 is 0 Å². The van der Waals surface area contributed by atoms with Crippen molar-refractivity contribution < 1.29 is 13.9 Å². The van der Waals surface area contributed by atoms with Crippen LogP contribution in [0.5, 0.6) is 11.5 Å². The van der Waals surface area contributed by atoms with Crippen LogP contribution in [0.3, 0.4) is 0 Å². The van der Waals surface area contributed by atoms with E-state index < -0.39 is 0 Å². The highest BCUT2D eigenvalue weighted by molar-refractivity contribution is 5.46. The van der Waals surface area contributed by atoms with E-state index in [1.807, 2.05) is 37.3 Å². The molecule has 0 amide bonds. The van der Waals surface area contributed by atoms with E-state index in [1.165, 1.54) is 11.6 Å². The van der Waals surface area contributed by atoms with E-state index in [4.69, 9.17) is 9.47 Å². The van der Waals surface area contributed by atoms with Gasteiger partial charge in [-0.15, -0.1) is 0 Å². The highest BCUT2D eigenvalue weighted by Gasteiger charge is 2.12. The standard InChI is InChI=1S/C24H26FNO2/c1-2-27-23-14-8-12-20(17-26-16-15-19-9-4-3-5-10-19)24(23)28-18-21-11-6-7-13-22(21)25/h3-14,26H,2,15-18H2,1H3. The summed E-state index contributed by atoms with van der Waals surface area (Å²) in [5.41, 5.74) is 2.82. The topological polar surface area (TPSA) is 30.5 Å². The monoisotopic (exact) mass is 379 g/mol. The Labute approximate surface area is 166 Å². The van der Waals surface area contributed by atoms with Crippen LogP contribution in [0.15, 0.2) is 72.8 Å².